The topological polar surface area (TPSA) is 76.7 Å². The summed E-state index contributed by atoms with van der Waals surface area (Å²) in [6, 6.07) is 6.26. The Labute approximate surface area is 117 Å². The highest BCUT2D eigenvalue weighted by Gasteiger charge is 2.21. The van der Waals surface area contributed by atoms with E-state index in [1.165, 1.54) is 0 Å². The van der Waals surface area contributed by atoms with Crippen molar-refractivity contribution in [3.05, 3.63) is 29.8 Å². The van der Waals surface area contributed by atoms with Crippen LogP contribution in [0.3, 0.4) is 0 Å². The molecule has 1 amide bonds. The second-order valence-corrected chi connectivity index (χ2v) is 4.37. The molecular weight excluding hydrogens is 260 g/mol. The van der Waals surface area contributed by atoms with Crippen molar-refractivity contribution in [3.8, 4) is 0 Å². The number of carbonyl (C=O) groups is 2. The minimum atomic E-state index is -0.368. The van der Waals surface area contributed by atoms with Gasteiger partial charge in [-0.1, -0.05) is 0 Å². The Balaban J connectivity index is 1.92. The van der Waals surface area contributed by atoms with E-state index in [0.717, 1.165) is 0 Å². The fraction of sp³-hybridized carbons (Fsp3) is 0.429. The average Bonchev–Trinajstić information content (AvgIpc) is 2.49. The Morgan fingerprint density at radius 1 is 1.40 bits per heavy atom. The fourth-order valence-corrected chi connectivity index (χ4v) is 1.87. The van der Waals surface area contributed by atoms with Crippen LogP contribution in [0.15, 0.2) is 24.3 Å². The maximum absolute atomic E-state index is 11.9. The van der Waals surface area contributed by atoms with E-state index in [1.807, 2.05) is 0 Å². The third-order valence-electron chi connectivity index (χ3n) is 2.90. The van der Waals surface area contributed by atoms with Gasteiger partial charge in [0.2, 0.25) is 5.91 Å². The van der Waals surface area contributed by atoms with Crippen molar-refractivity contribution in [1.82, 2.24) is 5.32 Å². The number of morpholine rings is 1. The number of rotatable bonds is 4. The highest BCUT2D eigenvalue weighted by Crippen LogP contribution is 2.11. The first kappa shape index (κ1) is 14.5. The highest BCUT2D eigenvalue weighted by molar-refractivity contribution is 5.96. The number of anilines is 1. The Morgan fingerprint density at radius 3 is 2.75 bits per heavy atom. The van der Waals surface area contributed by atoms with E-state index in [0.29, 0.717) is 37.6 Å². The molecule has 0 spiro atoms. The van der Waals surface area contributed by atoms with Crippen molar-refractivity contribution in [1.29, 1.82) is 0 Å². The molecule has 1 heterocycles. The van der Waals surface area contributed by atoms with Crippen molar-refractivity contribution in [2.75, 3.05) is 31.7 Å². The molecule has 1 fully saturated rings. The predicted molar refractivity (Wildman–Crippen MR) is 73.6 cm³/mol. The summed E-state index contributed by atoms with van der Waals surface area (Å²) in [5.41, 5.74) is 1.10. The SMILES string of the molecule is CCOC(=O)c1ccc(NC(=O)C2COCCN2)cc1. The van der Waals surface area contributed by atoms with Gasteiger partial charge in [-0.05, 0) is 31.2 Å². The monoisotopic (exact) mass is 278 g/mol. The van der Waals surface area contributed by atoms with Crippen molar-refractivity contribution in [2.45, 2.75) is 13.0 Å². The zero-order chi connectivity index (χ0) is 14.4. The number of esters is 1. The first-order chi connectivity index (χ1) is 9.70. The summed E-state index contributed by atoms with van der Waals surface area (Å²) in [7, 11) is 0. The van der Waals surface area contributed by atoms with Crippen LogP contribution in [-0.4, -0.2) is 44.3 Å². The number of amides is 1. The fourth-order valence-electron chi connectivity index (χ4n) is 1.87. The van der Waals surface area contributed by atoms with E-state index in [9.17, 15) is 9.59 Å². The van der Waals surface area contributed by atoms with Gasteiger partial charge in [-0.2, -0.15) is 0 Å². The lowest BCUT2D eigenvalue weighted by atomic mass is 10.2. The number of hydrogen-bond acceptors (Lipinski definition) is 5. The largest absolute Gasteiger partial charge is 0.462 e. The lowest BCUT2D eigenvalue weighted by Gasteiger charge is -2.22. The molecule has 20 heavy (non-hydrogen) atoms. The van der Waals surface area contributed by atoms with Crippen molar-refractivity contribution in [2.24, 2.45) is 0 Å². The first-order valence-corrected chi connectivity index (χ1v) is 6.60. The number of hydrogen-bond donors (Lipinski definition) is 2. The molecule has 6 heteroatoms. The average molecular weight is 278 g/mol. The van der Waals surface area contributed by atoms with Gasteiger partial charge in [-0.25, -0.2) is 4.79 Å². The summed E-state index contributed by atoms with van der Waals surface area (Å²) in [5.74, 6) is -0.513. The van der Waals surface area contributed by atoms with Gasteiger partial charge < -0.3 is 20.1 Å². The number of carbonyl (C=O) groups excluding carboxylic acids is 2. The summed E-state index contributed by atoms with van der Waals surface area (Å²) in [4.78, 5) is 23.4. The van der Waals surface area contributed by atoms with Crippen LogP contribution < -0.4 is 10.6 Å². The molecule has 108 valence electrons. The Kier molecular flexibility index (Phi) is 5.09. The number of benzene rings is 1. The highest BCUT2D eigenvalue weighted by atomic mass is 16.5. The van der Waals surface area contributed by atoms with Gasteiger partial charge in [0.15, 0.2) is 0 Å². The Hall–Kier alpha value is -1.92. The molecule has 6 nitrogen and oxygen atoms in total. The standard InChI is InChI=1S/C14H18N2O4/c1-2-20-14(18)10-3-5-11(6-4-10)16-13(17)12-9-19-8-7-15-12/h3-6,12,15H,2,7-9H2,1H3,(H,16,17). The van der Waals surface area contributed by atoms with Crippen LogP contribution in [0.1, 0.15) is 17.3 Å². The summed E-state index contributed by atoms with van der Waals surface area (Å²) in [6.07, 6.45) is 0. The van der Waals surface area contributed by atoms with E-state index in [4.69, 9.17) is 9.47 Å². The molecule has 0 bridgehead atoms. The lowest BCUT2D eigenvalue weighted by molar-refractivity contribution is -0.120. The molecule has 1 unspecified atom stereocenters. The van der Waals surface area contributed by atoms with Crippen molar-refractivity contribution in [3.63, 3.8) is 0 Å². The van der Waals surface area contributed by atoms with E-state index < -0.39 is 0 Å². The zero-order valence-corrected chi connectivity index (χ0v) is 11.3. The maximum atomic E-state index is 11.9. The third kappa shape index (κ3) is 3.79. The van der Waals surface area contributed by atoms with E-state index in [1.54, 1.807) is 31.2 Å². The smallest absolute Gasteiger partial charge is 0.338 e. The second kappa shape index (κ2) is 7.02. The third-order valence-corrected chi connectivity index (χ3v) is 2.90. The lowest BCUT2D eigenvalue weighted by Crippen LogP contribution is -2.48. The van der Waals surface area contributed by atoms with Crippen LogP contribution in [0.2, 0.25) is 0 Å². The molecule has 2 rings (SSSR count). The molecule has 1 aliphatic heterocycles. The molecule has 1 aromatic rings. The van der Waals surface area contributed by atoms with Crippen LogP contribution in [-0.2, 0) is 14.3 Å². The van der Waals surface area contributed by atoms with Crippen LogP contribution in [0.5, 0.6) is 0 Å². The minimum Gasteiger partial charge on any atom is -0.462 e. The van der Waals surface area contributed by atoms with Crippen LogP contribution in [0.25, 0.3) is 0 Å². The summed E-state index contributed by atoms with van der Waals surface area (Å²) in [5, 5.41) is 5.85. The molecule has 0 aromatic heterocycles. The molecule has 1 atom stereocenters. The predicted octanol–water partition coefficient (Wildman–Crippen LogP) is 0.790. The van der Waals surface area contributed by atoms with Crippen molar-refractivity contribution >= 4 is 17.6 Å². The van der Waals surface area contributed by atoms with Gasteiger partial charge >= 0.3 is 5.97 Å². The van der Waals surface area contributed by atoms with Gasteiger partial charge in [-0.15, -0.1) is 0 Å². The van der Waals surface area contributed by atoms with Crippen LogP contribution in [0, 0.1) is 0 Å². The molecule has 0 saturated carbocycles. The molecule has 0 radical (unpaired) electrons. The van der Waals surface area contributed by atoms with Gasteiger partial charge in [0.25, 0.3) is 0 Å². The summed E-state index contributed by atoms with van der Waals surface area (Å²) < 4.78 is 10.1. The van der Waals surface area contributed by atoms with Gasteiger partial charge in [0.1, 0.15) is 6.04 Å². The molecule has 0 aliphatic carbocycles. The molecule has 2 N–H and O–H groups in total. The summed E-state index contributed by atoms with van der Waals surface area (Å²) >= 11 is 0. The van der Waals surface area contributed by atoms with Gasteiger partial charge in [0, 0.05) is 12.2 Å². The van der Waals surface area contributed by atoms with E-state index in [2.05, 4.69) is 10.6 Å². The zero-order valence-electron chi connectivity index (χ0n) is 11.3. The number of ether oxygens (including phenoxy) is 2. The van der Waals surface area contributed by atoms with Gasteiger partial charge in [0.05, 0.1) is 25.4 Å². The normalized spacial score (nSPS) is 18.4. The minimum absolute atomic E-state index is 0.145. The molecular formula is C14H18N2O4. The second-order valence-electron chi connectivity index (χ2n) is 4.37. The quantitative estimate of drug-likeness (QED) is 0.796. The van der Waals surface area contributed by atoms with Crippen molar-refractivity contribution < 1.29 is 19.1 Å². The van der Waals surface area contributed by atoms with E-state index >= 15 is 0 Å². The molecule has 1 aliphatic rings. The van der Waals surface area contributed by atoms with Crippen LogP contribution in [0.4, 0.5) is 5.69 Å². The molecule has 1 saturated heterocycles. The maximum Gasteiger partial charge on any atom is 0.338 e. The first-order valence-electron chi connectivity index (χ1n) is 6.60. The summed E-state index contributed by atoms with van der Waals surface area (Å²) in [6.45, 7) is 3.75. The molecule has 1 aromatic carbocycles. The van der Waals surface area contributed by atoms with Gasteiger partial charge in [-0.3, -0.25) is 4.79 Å². The van der Waals surface area contributed by atoms with E-state index in [-0.39, 0.29) is 17.9 Å². The Morgan fingerprint density at radius 2 is 2.15 bits per heavy atom. The van der Waals surface area contributed by atoms with Crippen LogP contribution >= 0.6 is 0 Å². The number of nitrogens with one attached hydrogen (secondary N) is 2. The Bertz CT molecular complexity index is 467.